The van der Waals surface area contributed by atoms with Crippen LogP contribution in [0.2, 0.25) is 0 Å². The van der Waals surface area contributed by atoms with Crippen molar-refractivity contribution < 1.29 is 0 Å². The zero-order valence-electron chi connectivity index (χ0n) is 9.63. The van der Waals surface area contributed by atoms with Crippen molar-refractivity contribution in [2.75, 3.05) is 5.73 Å². The number of aryl methyl sites for hydroxylation is 1. The number of rotatable bonds is 2. The highest BCUT2D eigenvalue weighted by Gasteiger charge is 1.90. The highest BCUT2D eigenvalue weighted by Crippen LogP contribution is 2.08. The lowest BCUT2D eigenvalue weighted by molar-refractivity contribution is 1.31. The van der Waals surface area contributed by atoms with Crippen molar-refractivity contribution in [3.8, 4) is 0 Å². The fourth-order valence-corrected chi connectivity index (χ4v) is 1.42. The number of nitrogens with zero attached hydrogens (tertiary/aromatic N) is 1. The Bertz CT molecular complexity index is 504. The van der Waals surface area contributed by atoms with E-state index in [4.69, 9.17) is 5.73 Å². The van der Waals surface area contributed by atoms with E-state index < -0.39 is 0 Å². The van der Waals surface area contributed by atoms with E-state index in [1.807, 2.05) is 24.3 Å². The molecule has 0 radical (unpaired) electrons. The summed E-state index contributed by atoms with van der Waals surface area (Å²) in [5, 5.41) is 0. The lowest BCUT2D eigenvalue weighted by Crippen LogP contribution is -1.90. The number of aromatic nitrogens is 1. The van der Waals surface area contributed by atoms with E-state index in [1.165, 1.54) is 5.56 Å². The highest BCUT2D eigenvalue weighted by molar-refractivity contribution is 5.85. The third-order valence-electron chi connectivity index (χ3n) is 2.32. The first kappa shape index (κ1) is 13.3. The van der Waals surface area contributed by atoms with Crippen molar-refractivity contribution in [1.29, 1.82) is 0 Å². The minimum absolute atomic E-state index is 0. The van der Waals surface area contributed by atoms with Gasteiger partial charge < -0.3 is 5.73 Å². The molecule has 0 fully saturated rings. The Labute approximate surface area is 108 Å². The third-order valence-corrected chi connectivity index (χ3v) is 2.32. The van der Waals surface area contributed by atoms with Crippen LogP contribution in [0, 0.1) is 6.92 Å². The maximum atomic E-state index is 5.60. The van der Waals surface area contributed by atoms with E-state index in [0.717, 1.165) is 11.3 Å². The molecule has 2 rings (SSSR count). The molecule has 0 spiro atoms. The molecule has 1 aromatic heterocycles. The molecule has 0 aliphatic heterocycles. The van der Waals surface area contributed by atoms with E-state index >= 15 is 0 Å². The largest absolute Gasteiger partial charge is 0.384 e. The summed E-state index contributed by atoms with van der Waals surface area (Å²) < 4.78 is 0. The summed E-state index contributed by atoms with van der Waals surface area (Å²) in [5.41, 5.74) is 8.90. The zero-order valence-corrected chi connectivity index (χ0v) is 10.4. The Hall–Kier alpha value is -1.80. The van der Waals surface area contributed by atoms with Crippen molar-refractivity contribution in [2.24, 2.45) is 0 Å². The van der Waals surface area contributed by atoms with Crippen LogP contribution in [0.25, 0.3) is 12.2 Å². The molecule has 0 bridgehead atoms. The molecule has 2 aromatic rings. The molecule has 2 nitrogen and oxygen atoms in total. The summed E-state index contributed by atoms with van der Waals surface area (Å²) in [7, 11) is 0. The van der Waals surface area contributed by atoms with Crippen molar-refractivity contribution in [3.63, 3.8) is 0 Å². The van der Waals surface area contributed by atoms with Crippen LogP contribution in [0.5, 0.6) is 0 Å². The third kappa shape index (κ3) is 3.93. The number of hydrogen-bond acceptors (Lipinski definition) is 2. The zero-order chi connectivity index (χ0) is 11.4. The standard InChI is InChI=1S/C14H14N2.ClH/c1-11-5-7-12(8-6-11)9-10-13-3-2-4-14(15)16-13;/h2-10H,1H3,(H2,15,16);1H/b10-9+;. The van der Waals surface area contributed by atoms with Crippen LogP contribution in [0.3, 0.4) is 0 Å². The first-order valence-corrected chi connectivity index (χ1v) is 5.21. The van der Waals surface area contributed by atoms with Crippen molar-refractivity contribution in [3.05, 3.63) is 59.3 Å². The Morgan fingerprint density at radius 2 is 1.71 bits per heavy atom. The molecule has 0 aliphatic rings. The monoisotopic (exact) mass is 246 g/mol. The number of halogens is 1. The summed E-state index contributed by atoms with van der Waals surface area (Å²) in [4.78, 5) is 4.20. The Morgan fingerprint density at radius 1 is 1.00 bits per heavy atom. The SMILES string of the molecule is Cc1ccc(/C=C/c2cccc(N)n2)cc1.Cl. The van der Waals surface area contributed by atoms with E-state index in [2.05, 4.69) is 36.2 Å². The van der Waals surface area contributed by atoms with Gasteiger partial charge in [-0.1, -0.05) is 42.0 Å². The van der Waals surface area contributed by atoms with E-state index in [-0.39, 0.29) is 12.4 Å². The second kappa shape index (κ2) is 6.06. The van der Waals surface area contributed by atoms with Crippen LogP contribution < -0.4 is 5.73 Å². The fraction of sp³-hybridized carbons (Fsp3) is 0.0714. The van der Waals surface area contributed by atoms with E-state index in [1.54, 1.807) is 6.07 Å². The smallest absolute Gasteiger partial charge is 0.124 e. The maximum Gasteiger partial charge on any atom is 0.124 e. The second-order valence-electron chi connectivity index (χ2n) is 3.73. The van der Waals surface area contributed by atoms with Crippen LogP contribution in [0.1, 0.15) is 16.8 Å². The Morgan fingerprint density at radius 3 is 2.35 bits per heavy atom. The van der Waals surface area contributed by atoms with Gasteiger partial charge in [0.05, 0.1) is 5.69 Å². The molecule has 88 valence electrons. The van der Waals surface area contributed by atoms with Gasteiger partial charge in [-0.15, -0.1) is 12.4 Å². The molecule has 2 N–H and O–H groups in total. The Balaban J connectivity index is 0.00000144. The van der Waals surface area contributed by atoms with Gasteiger partial charge in [-0.05, 0) is 30.7 Å². The topological polar surface area (TPSA) is 38.9 Å². The summed E-state index contributed by atoms with van der Waals surface area (Å²) in [5.74, 6) is 0.547. The molecule has 0 amide bonds. The first-order valence-electron chi connectivity index (χ1n) is 5.21. The molecule has 1 aromatic carbocycles. The maximum absolute atomic E-state index is 5.60. The minimum Gasteiger partial charge on any atom is -0.384 e. The van der Waals surface area contributed by atoms with Gasteiger partial charge in [-0.2, -0.15) is 0 Å². The van der Waals surface area contributed by atoms with Crippen LogP contribution in [-0.2, 0) is 0 Å². The van der Waals surface area contributed by atoms with Gasteiger partial charge in [-0.25, -0.2) is 4.98 Å². The van der Waals surface area contributed by atoms with Crippen LogP contribution in [-0.4, -0.2) is 4.98 Å². The van der Waals surface area contributed by atoms with E-state index in [0.29, 0.717) is 5.82 Å². The molecule has 0 saturated heterocycles. The molecule has 1 heterocycles. The van der Waals surface area contributed by atoms with Crippen LogP contribution in [0.4, 0.5) is 5.82 Å². The predicted molar refractivity (Wildman–Crippen MR) is 76.0 cm³/mol. The van der Waals surface area contributed by atoms with Gasteiger partial charge in [0.2, 0.25) is 0 Å². The molecule has 0 aliphatic carbocycles. The molecule has 3 heteroatoms. The fourth-order valence-electron chi connectivity index (χ4n) is 1.42. The normalized spacial score (nSPS) is 10.2. The minimum atomic E-state index is 0. The second-order valence-corrected chi connectivity index (χ2v) is 3.73. The summed E-state index contributed by atoms with van der Waals surface area (Å²) in [6.45, 7) is 2.08. The van der Waals surface area contributed by atoms with Crippen LogP contribution in [0.15, 0.2) is 42.5 Å². The van der Waals surface area contributed by atoms with E-state index in [9.17, 15) is 0 Å². The lowest BCUT2D eigenvalue weighted by atomic mass is 10.1. The predicted octanol–water partition coefficient (Wildman–Crippen LogP) is 3.56. The van der Waals surface area contributed by atoms with Gasteiger partial charge in [-0.3, -0.25) is 0 Å². The summed E-state index contributed by atoms with van der Waals surface area (Å²) in [6, 6.07) is 14.0. The van der Waals surface area contributed by atoms with Crippen molar-refractivity contribution in [1.82, 2.24) is 4.98 Å². The quantitative estimate of drug-likeness (QED) is 0.880. The van der Waals surface area contributed by atoms with Gasteiger partial charge in [0.25, 0.3) is 0 Å². The Kier molecular flexibility index (Phi) is 4.73. The first-order chi connectivity index (χ1) is 7.74. The number of pyridine rings is 1. The lowest BCUT2D eigenvalue weighted by Gasteiger charge is -1.96. The average molecular weight is 247 g/mol. The molecule has 0 atom stereocenters. The number of nitrogens with two attached hydrogens (primary N) is 1. The molecular formula is C14H15ClN2. The number of anilines is 1. The van der Waals surface area contributed by atoms with Crippen molar-refractivity contribution in [2.45, 2.75) is 6.92 Å². The average Bonchev–Trinajstić information content (AvgIpc) is 2.28. The highest BCUT2D eigenvalue weighted by atomic mass is 35.5. The van der Waals surface area contributed by atoms with Gasteiger partial charge in [0, 0.05) is 0 Å². The number of hydrogen-bond donors (Lipinski definition) is 1. The van der Waals surface area contributed by atoms with Gasteiger partial charge >= 0.3 is 0 Å². The summed E-state index contributed by atoms with van der Waals surface area (Å²) >= 11 is 0. The summed E-state index contributed by atoms with van der Waals surface area (Å²) in [6.07, 6.45) is 3.99. The molecular weight excluding hydrogens is 232 g/mol. The van der Waals surface area contributed by atoms with Gasteiger partial charge in [0.1, 0.15) is 5.82 Å². The van der Waals surface area contributed by atoms with Crippen LogP contribution >= 0.6 is 12.4 Å². The van der Waals surface area contributed by atoms with Crippen molar-refractivity contribution >= 4 is 30.4 Å². The molecule has 0 unspecified atom stereocenters. The number of nitrogen functional groups attached to an aromatic ring is 1. The van der Waals surface area contributed by atoms with Gasteiger partial charge in [0.15, 0.2) is 0 Å². The molecule has 0 saturated carbocycles. The number of benzene rings is 1. The molecule has 17 heavy (non-hydrogen) atoms.